The average molecular weight is 256 g/mol. The van der Waals surface area contributed by atoms with E-state index in [1.807, 2.05) is 0 Å². The van der Waals surface area contributed by atoms with E-state index in [4.69, 9.17) is 0 Å². The second kappa shape index (κ2) is 5.89. The summed E-state index contributed by atoms with van der Waals surface area (Å²) in [5.74, 6) is 0. The predicted octanol–water partition coefficient (Wildman–Crippen LogP) is 2.20. The fourth-order valence-corrected chi connectivity index (χ4v) is 3.07. The zero-order chi connectivity index (χ0) is 14.1. The average Bonchev–Trinajstić information content (AvgIpc) is 2.25. The van der Waals surface area contributed by atoms with E-state index in [1.54, 1.807) is 0 Å². The van der Waals surface area contributed by atoms with Crippen LogP contribution in [0.2, 0.25) is 0 Å². The van der Waals surface area contributed by atoms with Crippen LogP contribution in [0.4, 0.5) is 0 Å². The van der Waals surface area contributed by atoms with Crippen molar-refractivity contribution < 1.29 is 5.11 Å². The minimum absolute atomic E-state index is 0.262. The molecule has 0 amide bonds. The van der Waals surface area contributed by atoms with Crippen molar-refractivity contribution >= 4 is 0 Å². The summed E-state index contributed by atoms with van der Waals surface area (Å²) in [6.07, 6.45) is 0. The number of hydrogen-bond acceptors (Lipinski definition) is 3. The monoisotopic (exact) mass is 256 g/mol. The molecule has 3 nitrogen and oxygen atoms in total. The third-order valence-electron chi connectivity index (χ3n) is 4.21. The summed E-state index contributed by atoms with van der Waals surface area (Å²) < 4.78 is 0. The van der Waals surface area contributed by atoms with Crippen LogP contribution < -0.4 is 0 Å². The number of aliphatic hydroxyl groups excluding tert-OH is 1. The fraction of sp³-hybridized carbons (Fsp3) is 1.00. The van der Waals surface area contributed by atoms with Crippen molar-refractivity contribution in [2.75, 3.05) is 19.7 Å². The highest BCUT2D eigenvalue weighted by Crippen LogP contribution is 2.31. The fourth-order valence-electron chi connectivity index (χ4n) is 3.07. The van der Waals surface area contributed by atoms with Gasteiger partial charge in [0.2, 0.25) is 0 Å². The highest BCUT2D eigenvalue weighted by atomic mass is 16.3. The van der Waals surface area contributed by atoms with E-state index >= 15 is 0 Å². The van der Waals surface area contributed by atoms with Crippen LogP contribution in [0.15, 0.2) is 0 Å². The Bertz CT molecular complexity index is 258. The Hall–Kier alpha value is -0.120. The lowest BCUT2D eigenvalue weighted by Crippen LogP contribution is -2.65. The Morgan fingerprint density at radius 2 is 1.50 bits per heavy atom. The van der Waals surface area contributed by atoms with Crippen LogP contribution in [0, 0.1) is 5.41 Å². The first-order valence-corrected chi connectivity index (χ1v) is 7.30. The Labute approximate surface area is 113 Å². The first-order chi connectivity index (χ1) is 8.18. The molecule has 0 aromatic carbocycles. The summed E-state index contributed by atoms with van der Waals surface area (Å²) in [6.45, 7) is 18.3. The van der Waals surface area contributed by atoms with Crippen LogP contribution in [0.25, 0.3) is 0 Å². The van der Waals surface area contributed by atoms with Gasteiger partial charge in [-0.2, -0.15) is 0 Å². The molecule has 0 radical (unpaired) electrons. The molecule has 0 aromatic rings. The smallest absolute Gasteiger partial charge is 0.0599 e. The van der Waals surface area contributed by atoms with E-state index < -0.39 is 0 Å². The molecule has 0 aromatic heterocycles. The van der Waals surface area contributed by atoms with E-state index in [0.29, 0.717) is 18.1 Å². The molecule has 18 heavy (non-hydrogen) atoms. The van der Waals surface area contributed by atoms with Crippen molar-refractivity contribution in [1.82, 2.24) is 9.80 Å². The summed E-state index contributed by atoms with van der Waals surface area (Å²) in [5, 5.41) is 9.63. The van der Waals surface area contributed by atoms with Crippen molar-refractivity contribution in [3.63, 3.8) is 0 Å². The van der Waals surface area contributed by atoms with Crippen LogP contribution in [-0.4, -0.2) is 58.8 Å². The van der Waals surface area contributed by atoms with Gasteiger partial charge in [0.05, 0.1) is 6.61 Å². The number of hydrogen-bond donors (Lipinski definition) is 1. The van der Waals surface area contributed by atoms with Crippen molar-refractivity contribution in [3.05, 3.63) is 0 Å². The molecule has 1 heterocycles. The van der Waals surface area contributed by atoms with Gasteiger partial charge < -0.3 is 5.11 Å². The van der Waals surface area contributed by atoms with Gasteiger partial charge in [-0.15, -0.1) is 0 Å². The van der Waals surface area contributed by atoms with E-state index in [0.717, 1.165) is 13.1 Å². The maximum Gasteiger partial charge on any atom is 0.0599 e. The third kappa shape index (κ3) is 3.46. The van der Waals surface area contributed by atoms with Crippen LogP contribution in [0.1, 0.15) is 48.5 Å². The first-order valence-electron chi connectivity index (χ1n) is 7.30. The van der Waals surface area contributed by atoms with Crippen LogP contribution in [0.3, 0.4) is 0 Å². The Balaban J connectivity index is 2.94. The summed E-state index contributed by atoms with van der Waals surface area (Å²) in [7, 11) is 0. The van der Waals surface area contributed by atoms with Crippen LogP contribution in [0.5, 0.6) is 0 Å². The van der Waals surface area contributed by atoms with Gasteiger partial charge in [-0.25, -0.2) is 0 Å². The molecule has 0 aliphatic carbocycles. The molecule has 0 saturated carbocycles. The molecule has 1 N–H and O–H groups in total. The normalized spacial score (nSPS) is 28.3. The zero-order valence-electron chi connectivity index (χ0n) is 13.3. The van der Waals surface area contributed by atoms with Crippen molar-refractivity contribution in [3.8, 4) is 0 Å². The van der Waals surface area contributed by atoms with Gasteiger partial charge in [0.25, 0.3) is 0 Å². The van der Waals surface area contributed by atoms with Crippen LogP contribution >= 0.6 is 0 Å². The number of piperazine rings is 1. The molecule has 1 aliphatic heterocycles. The minimum Gasteiger partial charge on any atom is -0.395 e. The van der Waals surface area contributed by atoms with Gasteiger partial charge in [0, 0.05) is 37.3 Å². The maximum absolute atomic E-state index is 9.63. The zero-order valence-corrected chi connectivity index (χ0v) is 13.3. The van der Waals surface area contributed by atoms with Crippen molar-refractivity contribution in [1.29, 1.82) is 0 Å². The lowest BCUT2D eigenvalue weighted by molar-refractivity contribution is -0.0588. The highest BCUT2D eigenvalue weighted by Gasteiger charge is 2.40. The second-order valence-electron chi connectivity index (χ2n) is 7.30. The number of aliphatic hydroxyl groups is 1. The minimum atomic E-state index is 0.262. The topological polar surface area (TPSA) is 26.7 Å². The van der Waals surface area contributed by atoms with Gasteiger partial charge in [-0.3, -0.25) is 9.80 Å². The largest absolute Gasteiger partial charge is 0.395 e. The van der Waals surface area contributed by atoms with E-state index in [1.165, 1.54) is 0 Å². The molecular formula is C15H32N2O. The second-order valence-corrected chi connectivity index (χ2v) is 7.30. The molecule has 2 atom stereocenters. The Morgan fingerprint density at radius 1 is 1.00 bits per heavy atom. The molecule has 108 valence electrons. The third-order valence-corrected chi connectivity index (χ3v) is 4.21. The first kappa shape index (κ1) is 15.9. The summed E-state index contributed by atoms with van der Waals surface area (Å²) >= 11 is 0. The maximum atomic E-state index is 9.63. The number of rotatable bonds is 3. The molecule has 1 rings (SSSR count). The van der Waals surface area contributed by atoms with Gasteiger partial charge in [-0.05, 0) is 33.1 Å². The molecule has 0 unspecified atom stereocenters. The van der Waals surface area contributed by atoms with Gasteiger partial charge in [-0.1, -0.05) is 20.8 Å². The lowest BCUT2D eigenvalue weighted by Gasteiger charge is -2.53. The summed E-state index contributed by atoms with van der Waals surface area (Å²) in [4.78, 5) is 5.04. The molecule has 1 fully saturated rings. The molecule has 3 heteroatoms. The molecule has 0 bridgehead atoms. The van der Waals surface area contributed by atoms with Crippen molar-refractivity contribution in [2.45, 2.75) is 72.6 Å². The van der Waals surface area contributed by atoms with Crippen LogP contribution in [-0.2, 0) is 0 Å². The van der Waals surface area contributed by atoms with Gasteiger partial charge >= 0.3 is 0 Å². The van der Waals surface area contributed by atoms with Crippen molar-refractivity contribution in [2.24, 2.45) is 5.41 Å². The van der Waals surface area contributed by atoms with E-state index in [9.17, 15) is 5.11 Å². The van der Waals surface area contributed by atoms with E-state index in [2.05, 4.69) is 58.3 Å². The van der Waals surface area contributed by atoms with Gasteiger partial charge in [0.1, 0.15) is 0 Å². The quantitative estimate of drug-likeness (QED) is 0.838. The number of nitrogens with zero attached hydrogens (tertiary/aromatic N) is 2. The summed E-state index contributed by atoms with van der Waals surface area (Å²) in [6, 6.07) is 1.88. The van der Waals surface area contributed by atoms with Gasteiger partial charge in [0.15, 0.2) is 0 Å². The SMILES string of the molecule is CC(C)N1C[C@H](C(C)(C)C)N(C(C)C)C[C@H]1CO. The Morgan fingerprint density at radius 3 is 1.83 bits per heavy atom. The Kier molecular flexibility index (Phi) is 5.22. The summed E-state index contributed by atoms with van der Waals surface area (Å²) in [5.41, 5.74) is 0.276. The standard InChI is InChI=1S/C15H32N2O/c1-11(2)16-9-14(15(5,6)7)17(12(3)4)8-13(16)10-18/h11-14,18H,8-10H2,1-7H3/t13-,14+/m0/s1. The molecular weight excluding hydrogens is 224 g/mol. The predicted molar refractivity (Wildman–Crippen MR) is 77.8 cm³/mol. The highest BCUT2D eigenvalue weighted by molar-refractivity contribution is 4.96. The molecule has 1 saturated heterocycles. The lowest BCUT2D eigenvalue weighted by atomic mass is 9.82. The molecule has 0 spiro atoms. The molecule has 1 aliphatic rings. The van der Waals surface area contributed by atoms with E-state index in [-0.39, 0.29) is 18.1 Å².